The van der Waals surface area contributed by atoms with E-state index >= 15 is 0 Å². The van der Waals surface area contributed by atoms with Crippen molar-refractivity contribution in [3.63, 3.8) is 0 Å². The van der Waals surface area contributed by atoms with E-state index in [1.807, 2.05) is 12.1 Å². The number of ether oxygens (including phenoxy) is 1. The summed E-state index contributed by atoms with van der Waals surface area (Å²) >= 11 is 0. The Bertz CT molecular complexity index is 1210. The predicted octanol–water partition coefficient (Wildman–Crippen LogP) is 3.09. The average molecular weight is 472 g/mol. The molecular formula is C25H29NO6S. The second-order valence-electron chi connectivity index (χ2n) is 10.0. The molecule has 2 saturated carbocycles. The number of carbonyl (C=O) groups is 1. The van der Waals surface area contributed by atoms with E-state index in [0.717, 1.165) is 25.7 Å². The number of esters is 1. The van der Waals surface area contributed by atoms with Gasteiger partial charge in [0.05, 0.1) is 16.6 Å². The third kappa shape index (κ3) is 3.74. The number of aromatic hydroxyl groups is 1. The topological polar surface area (TPSA) is 127 Å². The number of aliphatic hydroxyl groups is 1. The van der Waals surface area contributed by atoms with Crippen LogP contribution in [0.5, 0.6) is 5.75 Å². The van der Waals surface area contributed by atoms with Crippen LogP contribution < -0.4 is 5.14 Å². The minimum Gasteiger partial charge on any atom is -0.508 e. The number of carbonyl (C=O) groups excluding carboxylic acids is 1. The molecule has 7 nitrogen and oxygen atoms in total. The summed E-state index contributed by atoms with van der Waals surface area (Å²) in [4.78, 5) is 12.7. The minimum atomic E-state index is -3.94. The van der Waals surface area contributed by atoms with Crippen molar-refractivity contribution in [2.75, 3.05) is 0 Å². The number of sulfonamides is 1. The maximum atomic E-state index is 12.8. The first kappa shape index (κ1) is 22.4. The van der Waals surface area contributed by atoms with E-state index in [1.54, 1.807) is 6.07 Å². The van der Waals surface area contributed by atoms with E-state index in [4.69, 9.17) is 9.88 Å². The summed E-state index contributed by atoms with van der Waals surface area (Å²) in [6, 6.07) is 11.1. The Labute approximate surface area is 193 Å². The molecule has 2 fully saturated rings. The Morgan fingerprint density at radius 3 is 2.73 bits per heavy atom. The highest BCUT2D eigenvalue weighted by atomic mass is 32.2. The first-order chi connectivity index (χ1) is 15.6. The molecule has 0 heterocycles. The summed E-state index contributed by atoms with van der Waals surface area (Å²) in [6.07, 6.45) is 2.79. The Balaban J connectivity index is 1.37. The molecule has 3 aliphatic carbocycles. The number of rotatable bonds is 3. The van der Waals surface area contributed by atoms with Gasteiger partial charge in [-0.3, -0.25) is 0 Å². The monoisotopic (exact) mass is 471 g/mol. The zero-order valence-corrected chi connectivity index (χ0v) is 19.3. The molecule has 0 aliphatic heterocycles. The van der Waals surface area contributed by atoms with Crippen LogP contribution in [0.15, 0.2) is 47.4 Å². The summed E-state index contributed by atoms with van der Waals surface area (Å²) in [5.41, 5.74) is 2.25. The fourth-order valence-corrected chi connectivity index (χ4v) is 7.21. The molecule has 4 N–H and O–H groups in total. The average Bonchev–Trinajstić information content (AvgIpc) is 3.03. The molecule has 33 heavy (non-hydrogen) atoms. The van der Waals surface area contributed by atoms with Gasteiger partial charge in [-0.15, -0.1) is 0 Å². The highest BCUT2D eigenvalue weighted by Crippen LogP contribution is 2.61. The third-order valence-corrected chi connectivity index (χ3v) is 9.23. The van der Waals surface area contributed by atoms with E-state index in [0.29, 0.717) is 24.0 Å². The van der Waals surface area contributed by atoms with Gasteiger partial charge in [0.2, 0.25) is 10.0 Å². The molecule has 0 spiro atoms. The van der Waals surface area contributed by atoms with Crippen LogP contribution in [0.1, 0.15) is 60.0 Å². The van der Waals surface area contributed by atoms with E-state index < -0.39 is 28.2 Å². The molecule has 0 aromatic heterocycles. The molecule has 0 radical (unpaired) electrons. The van der Waals surface area contributed by atoms with Gasteiger partial charge in [0, 0.05) is 5.41 Å². The lowest BCUT2D eigenvalue weighted by atomic mass is 9.55. The number of hydrogen-bond acceptors (Lipinski definition) is 6. The Morgan fingerprint density at radius 1 is 1.18 bits per heavy atom. The van der Waals surface area contributed by atoms with Crippen LogP contribution in [0.3, 0.4) is 0 Å². The summed E-state index contributed by atoms with van der Waals surface area (Å²) in [5, 5.41) is 26.3. The lowest BCUT2D eigenvalue weighted by Crippen LogP contribution is -2.45. The van der Waals surface area contributed by atoms with Gasteiger partial charge in [-0.2, -0.15) is 0 Å². The van der Waals surface area contributed by atoms with Crippen molar-refractivity contribution >= 4 is 16.0 Å². The molecule has 3 unspecified atom stereocenters. The Hall–Kier alpha value is -2.42. The number of benzene rings is 2. The minimum absolute atomic E-state index is 0.0954. The molecule has 8 heteroatoms. The van der Waals surface area contributed by atoms with Crippen molar-refractivity contribution in [1.82, 2.24) is 0 Å². The Morgan fingerprint density at radius 2 is 1.97 bits per heavy atom. The number of fused-ring (bicyclic) bond motifs is 5. The maximum absolute atomic E-state index is 12.8. The van der Waals surface area contributed by atoms with Crippen molar-refractivity contribution in [3.05, 3.63) is 59.2 Å². The SMILES string of the molecule is C[C@]12CCC3c4ccc(O)cc4CCC3C1C[C@@H](OC(=O)c1cccc(S(N)(=O)=O)c1)[C@@H]2O. The highest BCUT2D eigenvalue weighted by Gasteiger charge is 2.59. The summed E-state index contributed by atoms with van der Waals surface area (Å²) < 4.78 is 29.0. The lowest BCUT2D eigenvalue weighted by Gasteiger charge is -2.49. The van der Waals surface area contributed by atoms with Crippen LogP contribution >= 0.6 is 0 Å². The standard InChI is InChI=1S/C25H29NO6S/c1-25-10-9-19-18-8-6-16(27)11-14(18)5-7-20(19)21(25)13-22(23(25)28)32-24(29)15-3-2-4-17(12-15)33(26,30)31/h2-4,6,8,11-12,19-23,27-28H,5,7,9-10,13H2,1H3,(H2,26,30,31)/t19?,20?,21?,22-,23+,25+/m1/s1. The second kappa shape index (κ2) is 7.82. The van der Waals surface area contributed by atoms with Gasteiger partial charge in [0.25, 0.3) is 0 Å². The molecule has 2 aromatic carbocycles. The van der Waals surface area contributed by atoms with E-state index in [2.05, 4.69) is 6.92 Å². The number of phenols is 1. The molecule has 0 bridgehead atoms. The fraction of sp³-hybridized carbons (Fsp3) is 0.480. The number of primary sulfonamides is 1. The summed E-state index contributed by atoms with van der Waals surface area (Å²) in [5.74, 6) is 0.600. The van der Waals surface area contributed by atoms with Crippen molar-refractivity contribution in [2.24, 2.45) is 22.4 Å². The van der Waals surface area contributed by atoms with Gasteiger partial charge in [-0.05, 0) is 91.3 Å². The summed E-state index contributed by atoms with van der Waals surface area (Å²) in [7, 11) is -3.94. The van der Waals surface area contributed by atoms with Gasteiger partial charge in [0.1, 0.15) is 11.9 Å². The van der Waals surface area contributed by atoms with E-state index in [9.17, 15) is 23.4 Å². The predicted molar refractivity (Wildman–Crippen MR) is 121 cm³/mol. The molecule has 3 aliphatic rings. The number of aryl methyl sites for hydroxylation is 1. The second-order valence-corrected chi connectivity index (χ2v) is 11.6. The molecular weight excluding hydrogens is 442 g/mol. The van der Waals surface area contributed by atoms with Crippen LogP contribution in [0, 0.1) is 17.3 Å². The van der Waals surface area contributed by atoms with Crippen LogP contribution in [0.4, 0.5) is 0 Å². The highest BCUT2D eigenvalue weighted by molar-refractivity contribution is 7.89. The lowest BCUT2D eigenvalue weighted by molar-refractivity contribution is -0.0584. The van der Waals surface area contributed by atoms with Gasteiger partial charge >= 0.3 is 5.97 Å². The van der Waals surface area contributed by atoms with Gasteiger partial charge < -0.3 is 14.9 Å². The van der Waals surface area contributed by atoms with Crippen LogP contribution in [0.25, 0.3) is 0 Å². The number of hydrogen-bond donors (Lipinski definition) is 3. The molecule has 0 amide bonds. The number of aliphatic hydroxyl groups excluding tert-OH is 1. The van der Waals surface area contributed by atoms with Crippen LogP contribution in [-0.4, -0.2) is 36.8 Å². The van der Waals surface area contributed by atoms with E-state index in [-0.39, 0.29) is 21.8 Å². The molecule has 176 valence electrons. The van der Waals surface area contributed by atoms with Crippen molar-refractivity contribution in [2.45, 2.75) is 62.0 Å². The maximum Gasteiger partial charge on any atom is 0.338 e. The van der Waals surface area contributed by atoms with Gasteiger partial charge in [-0.25, -0.2) is 18.4 Å². The largest absolute Gasteiger partial charge is 0.508 e. The smallest absolute Gasteiger partial charge is 0.338 e. The first-order valence-electron chi connectivity index (χ1n) is 11.4. The van der Waals surface area contributed by atoms with Crippen molar-refractivity contribution in [1.29, 1.82) is 0 Å². The van der Waals surface area contributed by atoms with Gasteiger partial charge in [-0.1, -0.05) is 19.1 Å². The zero-order chi connectivity index (χ0) is 23.5. The van der Waals surface area contributed by atoms with Crippen LogP contribution in [-0.2, 0) is 21.2 Å². The normalized spacial score (nSPS) is 33.0. The zero-order valence-electron chi connectivity index (χ0n) is 18.5. The summed E-state index contributed by atoms with van der Waals surface area (Å²) in [6.45, 7) is 2.10. The number of phenolic OH excluding ortho intramolecular Hbond substituents is 1. The molecule has 6 atom stereocenters. The third-order valence-electron chi connectivity index (χ3n) is 8.32. The molecule has 5 rings (SSSR count). The number of nitrogens with two attached hydrogens (primary N) is 1. The van der Waals surface area contributed by atoms with Gasteiger partial charge in [0.15, 0.2) is 0 Å². The van der Waals surface area contributed by atoms with E-state index in [1.165, 1.54) is 35.4 Å². The Kier molecular flexibility index (Phi) is 5.30. The van der Waals surface area contributed by atoms with Crippen molar-refractivity contribution in [3.8, 4) is 5.75 Å². The quantitative estimate of drug-likeness (QED) is 0.591. The first-order valence-corrected chi connectivity index (χ1v) is 13.0. The molecule has 2 aromatic rings. The van der Waals surface area contributed by atoms with Crippen LogP contribution in [0.2, 0.25) is 0 Å². The molecule has 0 saturated heterocycles. The fourth-order valence-electron chi connectivity index (χ4n) is 6.65. The van der Waals surface area contributed by atoms with Crippen molar-refractivity contribution < 1.29 is 28.2 Å².